The molecule has 0 bridgehead atoms. The quantitative estimate of drug-likeness (QED) is 0.629. The summed E-state index contributed by atoms with van der Waals surface area (Å²) in [5, 5.41) is 0. The van der Waals surface area contributed by atoms with Crippen molar-refractivity contribution >= 4 is 5.57 Å². The van der Waals surface area contributed by atoms with Crippen molar-refractivity contribution in [1.82, 2.24) is 0 Å². The first kappa shape index (κ1) is 14.0. The molecule has 0 aromatic heterocycles. The molecule has 0 N–H and O–H groups in total. The van der Waals surface area contributed by atoms with Gasteiger partial charge in [0.05, 0.1) is 5.57 Å². The van der Waals surface area contributed by atoms with E-state index in [0.717, 1.165) is 0 Å². The first-order valence-electron chi connectivity index (χ1n) is 6.48. The fraction of sp³-hybridized carbons (Fsp3) is 0.0500. The summed E-state index contributed by atoms with van der Waals surface area (Å²) < 4.78 is 0. The Morgan fingerprint density at radius 2 is 1.25 bits per heavy atom. The molecule has 0 heterocycles. The number of hydrogen-bond donors (Lipinski definition) is 0. The zero-order chi connectivity index (χ0) is 12.9. The molecular formula is C20H19+. The molecule has 0 saturated carbocycles. The van der Waals surface area contributed by atoms with E-state index in [1.165, 1.54) is 22.3 Å². The fourth-order valence-corrected chi connectivity index (χ4v) is 2.31. The van der Waals surface area contributed by atoms with Crippen LogP contribution in [0.2, 0.25) is 0 Å². The molecular weight excluding hydrogens is 240 g/mol. The van der Waals surface area contributed by atoms with Crippen LogP contribution >= 0.6 is 0 Å². The maximum Gasteiger partial charge on any atom is 0.105 e. The Bertz CT molecular complexity index is 587. The molecule has 0 nitrogen and oxygen atoms in total. The van der Waals surface area contributed by atoms with Crippen molar-refractivity contribution in [2.24, 2.45) is 0 Å². The summed E-state index contributed by atoms with van der Waals surface area (Å²) in [5.74, 6) is 0. The Kier molecular flexibility index (Phi) is 4.62. The van der Waals surface area contributed by atoms with E-state index in [1.54, 1.807) is 0 Å². The van der Waals surface area contributed by atoms with E-state index < -0.39 is 0 Å². The standard InChI is InChI=1S/C19H15.CH4/c1-4-10-16(11-5-1)19(17-12-6-2-7-13-17)18-14-8-3-9-15-18;/h1-15H;1H4/q+1;. The predicted molar refractivity (Wildman–Crippen MR) is 88.2 cm³/mol. The van der Waals surface area contributed by atoms with Gasteiger partial charge in [-0.2, -0.15) is 0 Å². The van der Waals surface area contributed by atoms with Crippen molar-refractivity contribution in [2.45, 2.75) is 7.43 Å². The van der Waals surface area contributed by atoms with Gasteiger partial charge in [0, 0.05) is 41.9 Å². The molecule has 20 heavy (non-hydrogen) atoms. The summed E-state index contributed by atoms with van der Waals surface area (Å²) in [4.78, 5) is 0. The normalized spacial score (nSPS) is 12.5. The van der Waals surface area contributed by atoms with Crippen molar-refractivity contribution in [3.05, 3.63) is 108 Å². The number of hydrogen-bond acceptors (Lipinski definition) is 0. The minimum atomic E-state index is 0. The Morgan fingerprint density at radius 1 is 0.700 bits per heavy atom. The van der Waals surface area contributed by atoms with E-state index in [-0.39, 0.29) is 7.43 Å². The molecule has 0 radical (unpaired) electrons. The van der Waals surface area contributed by atoms with E-state index >= 15 is 0 Å². The lowest BCUT2D eigenvalue weighted by Crippen LogP contribution is -1.94. The topological polar surface area (TPSA) is 0 Å². The second-order valence-electron chi connectivity index (χ2n) is 4.47. The summed E-state index contributed by atoms with van der Waals surface area (Å²) in [7, 11) is 0. The van der Waals surface area contributed by atoms with Gasteiger partial charge in [-0.05, 0) is 24.3 Å². The van der Waals surface area contributed by atoms with Crippen LogP contribution < -0.4 is 0 Å². The lowest BCUT2D eigenvalue weighted by Gasteiger charge is -2.08. The van der Waals surface area contributed by atoms with E-state index in [0.29, 0.717) is 0 Å². The SMILES string of the molecule is C.C1=C[CH+]C(=C(c2ccccc2)c2ccccc2)C=C1. The fourth-order valence-electron chi connectivity index (χ4n) is 2.31. The van der Waals surface area contributed by atoms with Crippen molar-refractivity contribution in [3.8, 4) is 0 Å². The molecule has 0 saturated heterocycles. The highest BCUT2D eigenvalue weighted by Gasteiger charge is 2.16. The van der Waals surface area contributed by atoms with Crippen LogP contribution in [0.4, 0.5) is 0 Å². The van der Waals surface area contributed by atoms with Gasteiger partial charge in [0.2, 0.25) is 0 Å². The molecule has 0 unspecified atom stereocenters. The minimum Gasteiger partial charge on any atom is -0.0776 e. The van der Waals surface area contributed by atoms with Crippen LogP contribution in [0, 0.1) is 6.42 Å². The lowest BCUT2D eigenvalue weighted by molar-refractivity contribution is 1.46. The van der Waals surface area contributed by atoms with Crippen molar-refractivity contribution in [1.29, 1.82) is 0 Å². The summed E-state index contributed by atoms with van der Waals surface area (Å²) in [6.45, 7) is 0. The van der Waals surface area contributed by atoms with Crippen LogP contribution in [-0.2, 0) is 0 Å². The van der Waals surface area contributed by atoms with Crippen molar-refractivity contribution in [2.75, 3.05) is 0 Å². The maximum absolute atomic E-state index is 2.16. The number of rotatable bonds is 2. The van der Waals surface area contributed by atoms with Gasteiger partial charge in [-0.3, -0.25) is 0 Å². The molecule has 1 aliphatic carbocycles. The molecule has 0 heteroatoms. The van der Waals surface area contributed by atoms with Crippen LogP contribution in [0.3, 0.4) is 0 Å². The molecule has 0 amide bonds. The van der Waals surface area contributed by atoms with E-state index in [1.807, 2.05) is 0 Å². The van der Waals surface area contributed by atoms with Gasteiger partial charge < -0.3 is 0 Å². The largest absolute Gasteiger partial charge is 0.105 e. The second-order valence-corrected chi connectivity index (χ2v) is 4.47. The van der Waals surface area contributed by atoms with Gasteiger partial charge in [-0.15, -0.1) is 0 Å². The molecule has 1 aliphatic rings. The van der Waals surface area contributed by atoms with Crippen LogP contribution in [0.1, 0.15) is 18.6 Å². The van der Waals surface area contributed by atoms with Gasteiger partial charge in [-0.25, -0.2) is 0 Å². The molecule has 3 rings (SSSR count). The third-order valence-electron chi connectivity index (χ3n) is 3.19. The average molecular weight is 259 g/mol. The van der Waals surface area contributed by atoms with Gasteiger partial charge in [0.15, 0.2) is 0 Å². The van der Waals surface area contributed by atoms with E-state index in [9.17, 15) is 0 Å². The Balaban J connectivity index is 0.00000147. The Labute approximate surface area is 121 Å². The molecule has 2 aromatic rings. The summed E-state index contributed by atoms with van der Waals surface area (Å²) in [6, 6.07) is 21.1. The molecule has 98 valence electrons. The molecule has 0 aliphatic heterocycles. The van der Waals surface area contributed by atoms with Gasteiger partial charge in [0.25, 0.3) is 0 Å². The lowest BCUT2D eigenvalue weighted by atomic mass is 9.90. The smallest absolute Gasteiger partial charge is 0.0776 e. The zero-order valence-electron chi connectivity index (χ0n) is 10.7. The summed E-state index contributed by atoms with van der Waals surface area (Å²) in [6.07, 6.45) is 10.5. The highest BCUT2D eigenvalue weighted by Crippen LogP contribution is 2.29. The first-order chi connectivity index (χ1) is 9.45. The third-order valence-corrected chi connectivity index (χ3v) is 3.19. The summed E-state index contributed by atoms with van der Waals surface area (Å²) in [5.41, 5.74) is 5.03. The highest BCUT2D eigenvalue weighted by molar-refractivity contribution is 5.85. The Hall–Kier alpha value is -2.47. The highest BCUT2D eigenvalue weighted by atomic mass is 14.1. The summed E-state index contributed by atoms with van der Waals surface area (Å²) >= 11 is 0. The van der Waals surface area contributed by atoms with E-state index in [2.05, 4.69) is 91.4 Å². The monoisotopic (exact) mass is 259 g/mol. The minimum absolute atomic E-state index is 0. The average Bonchev–Trinajstić information content (AvgIpc) is 2.51. The molecule has 0 spiro atoms. The number of benzene rings is 2. The van der Waals surface area contributed by atoms with Gasteiger partial charge >= 0.3 is 0 Å². The predicted octanol–water partition coefficient (Wildman–Crippen LogP) is 5.45. The maximum atomic E-state index is 2.16. The molecule has 0 fully saturated rings. The van der Waals surface area contributed by atoms with Crippen LogP contribution in [0.15, 0.2) is 90.5 Å². The second kappa shape index (κ2) is 6.63. The van der Waals surface area contributed by atoms with Crippen LogP contribution in [0.25, 0.3) is 5.57 Å². The Morgan fingerprint density at radius 3 is 1.70 bits per heavy atom. The van der Waals surface area contributed by atoms with Gasteiger partial charge in [-0.1, -0.05) is 43.8 Å². The van der Waals surface area contributed by atoms with Crippen LogP contribution in [-0.4, -0.2) is 0 Å². The number of allylic oxidation sites excluding steroid dienone is 5. The third kappa shape index (κ3) is 2.92. The van der Waals surface area contributed by atoms with E-state index in [4.69, 9.17) is 0 Å². The van der Waals surface area contributed by atoms with Crippen molar-refractivity contribution < 1.29 is 0 Å². The van der Waals surface area contributed by atoms with Crippen LogP contribution in [0.5, 0.6) is 0 Å². The zero-order valence-corrected chi connectivity index (χ0v) is 10.7. The molecule has 0 atom stereocenters. The van der Waals surface area contributed by atoms with Gasteiger partial charge in [0.1, 0.15) is 5.57 Å². The first-order valence-corrected chi connectivity index (χ1v) is 6.48. The molecule has 2 aromatic carbocycles. The van der Waals surface area contributed by atoms with Crippen molar-refractivity contribution in [3.63, 3.8) is 0 Å².